The molecule has 1 aromatic carbocycles. The number of nitrogens with one attached hydrogen (secondary N) is 1. The van der Waals surface area contributed by atoms with Crippen molar-refractivity contribution in [1.29, 1.82) is 0 Å². The first-order valence-electron chi connectivity index (χ1n) is 6.51. The second-order valence-electron chi connectivity index (χ2n) is 4.75. The van der Waals surface area contributed by atoms with Crippen molar-refractivity contribution in [3.05, 3.63) is 29.0 Å². The highest BCUT2D eigenvalue weighted by molar-refractivity contribution is 7.71. The Balaban J connectivity index is 1.99. The third kappa shape index (κ3) is 2.29. The molecule has 3 rings (SSSR count). The predicted octanol–water partition coefficient (Wildman–Crippen LogP) is 2.15. The van der Waals surface area contributed by atoms with E-state index in [4.69, 9.17) is 12.2 Å². The van der Waals surface area contributed by atoms with Crippen LogP contribution in [0.25, 0.3) is 10.9 Å². The van der Waals surface area contributed by atoms with Crippen molar-refractivity contribution in [3.8, 4) is 0 Å². The fourth-order valence-corrected chi connectivity index (χ4v) is 2.71. The van der Waals surface area contributed by atoms with Crippen molar-refractivity contribution in [3.63, 3.8) is 0 Å². The van der Waals surface area contributed by atoms with Gasteiger partial charge < -0.3 is 10.1 Å². The standard InChI is InChI=1S/C14H13N3O3S/c1-20-11(18)7-6-10-13(19)17-12(15-10)8-4-2-3-5-9(8)16-14(17)21/h2-5,10,15H,6-7H2,1H3/t10-/m0/s1. The molecular formula is C14H13N3O3S. The minimum atomic E-state index is -0.488. The van der Waals surface area contributed by atoms with Gasteiger partial charge in [-0.1, -0.05) is 12.1 Å². The number of esters is 1. The quantitative estimate of drug-likeness (QED) is 0.692. The summed E-state index contributed by atoms with van der Waals surface area (Å²) in [6.07, 6.45) is 0.531. The van der Waals surface area contributed by atoms with Gasteiger partial charge in [0.05, 0.1) is 12.6 Å². The lowest BCUT2D eigenvalue weighted by atomic mass is 10.1. The number of nitrogens with zero attached hydrogens (tertiary/aromatic N) is 2. The topological polar surface area (TPSA) is 73.2 Å². The van der Waals surface area contributed by atoms with Crippen LogP contribution in [0.15, 0.2) is 24.3 Å². The molecule has 2 heterocycles. The van der Waals surface area contributed by atoms with Crippen LogP contribution < -0.4 is 5.32 Å². The zero-order chi connectivity index (χ0) is 15.0. The van der Waals surface area contributed by atoms with Crippen molar-refractivity contribution in [2.24, 2.45) is 0 Å². The van der Waals surface area contributed by atoms with Gasteiger partial charge in [-0.15, -0.1) is 0 Å². The Bertz CT molecular complexity index is 800. The number of hydrogen-bond acceptors (Lipinski definition) is 6. The smallest absolute Gasteiger partial charge is 0.305 e. The summed E-state index contributed by atoms with van der Waals surface area (Å²) < 4.78 is 6.22. The first-order valence-corrected chi connectivity index (χ1v) is 6.92. The van der Waals surface area contributed by atoms with Gasteiger partial charge >= 0.3 is 5.97 Å². The molecule has 0 amide bonds. The zero-order valence-electron chi connectivity index (χ0n) is 11.3. The molecule has 6 nitrogen and oxygen atoms in total. The average Bonchev–Trinajstić information content (AvgIpc) is 2.83. The van der Waals surface area contributed by atoms with E-state index in [1.165, 1.54) is 11.7 Å². The van der Waals surface area contributed by atoms with Crippen LogP contribution in [0.1, 0.15) is 17.6 Å². The molecule has 1 atom stereocenters. The summed E-state index contributed by atoms with van der Waals surface area (Å²) in [5.74, 6) is 0.120. The minimum Gasteiger partial charge on any atom is -0.469 e. The molecule has 0 aliphatic carbocycles. The Labute approximate surface area is 125 Å². The van der Waals surface area contributed by atoms with E-state index in [1.54, 1.807) is 0 Å². The maximum Gasteiger partial charge on any atom is 0.305 e. The normalized spacial score (nSPS) is 16.6. The fourth-order valence-electron chi connectivity index (χ4n) is 2.43. The molecule has 0 saturated carbocycles. The highest BCUT2D eigenvalue weighted by Gasteiger charge is 2.31. The molecule has 1 aliphatic rings. The second kappa shape index (κ2) is 5.25. The van der Waals surface area contributed by atoms with Crippen LogP contribution in [0, 0.1) is 4.77 Å². The molecule has 7 heteroatoms. The van der Waals surface area contributed by atoms with Gasteiger partial charge in [-0.05, 0) is 30.8 Å². The van der Waals surface area contributed by atoms with Crippen molar-refractivity contribution < 1.29 is 14.3 Å². The van der Waals surface area contributed by atoms with Crippen LogP contribution in [0.4, 0.5) is 5.82 Å². The number of methoxy groups -OCH3 is 1. The van der Waals surface area contributed by atoms with Gasteiger partial charge in [-0.25, -0.2) is 9.55 Å². The number of ether oxygens (including phenoxy) is 1. The molecule has 0 fully saturated rings. The summed E-state index contributed by atoms with van der Waals surface area (Å²) in [5, 5.41) is 3.98. The Morgan fingerprint density at radius 2 is 2.24 bits per heavy atom. The largest absolute Gasteiger partial charge is 0.469 e. The molecule has 0 saturated heterocycles. The molecule has 21 heavy (non-hydrogen) atoms. The van der Waals surface area contributed by atoms with E-state index in [9.17, 15) is 9.59 Å². The van der Waals surface area contributed by atoms with Crippen LogP contribution in [-0.2, 0) is 9.53 Å². The van der Waals surface area contributed by atoms with Gasteiger partial charge in [0.1, 0.15) is 11.9 Å². The summed E-state index contributed by atoms with van der Waals surface area (Å²) in [5.41, 5.74) is 0.739. The van der Waals surface area contributed by atoms with E-state index in [1.807, 2.05) is 24.3 Å². The first-order chi connectivity index (χ1) is 10.1. The van der Waals surface area contributed by atoms with Crippen molar-refractivity contribution in [2.75, 3.05) is 12.4 Å². The van der Waals surface area contributed by atoms with Gasteiger partial charge in [-0.2, -0.15) is 0 Å². The minimum absolute atomic E-state index is 0.173. The summed E-state index contributed by atoms with van der Waals surface area (Å²) >= 11 is 5.19. The highest BCUT2D eigenvalue weighted by atomic mass is 32.1. The average molecular weight is 303 g/mol. The number of anilines is 1. The number of fused-ring (bicyclic) bond motifs is 3. The molecular weight excluding hydrogens is 290 g/mol. The van der Waals surface area contributed by atoms with Gasteiger partial charge in [0.25, 0.3) is 5.91 Å². The molecule has 0 radical (unpaired) electrons. The van der Waals surface area contributed by atoms with Crippen molar-refractivity contribution in [2.45, 2.75) is 18.9 Å². The zero-order valence-corrected chi connectivity index (χ0v) is 12.1. The second-order valence-corrected chi connectivity index (χ2v) is 5.11. The van der Waals surface area contributed by atoms with E-state index in [0.717, 1.165) is 10.9 Å². The van der Waals surface area contributed by atoms with Crippen LogP contribution >= 0.6 is 12.2 Å². The fraction of sp³-hybridized carbons (Fsp3) is 0.286. The van der Waals surface area contributed by atoms with Crippen molar-refractivity contribution in [1.82, 2.24) is 9.55 Å². The molecule has 0 bridgehead atoms. The molecule has 0 spiro atoms. The summed E-state index contributed by atoms with van der Waals surface area (Å²) in [6.45, 7) is 0. The number of para-hydroxylation sites is 1. The van der Waals surface area contributed by atoms with E-state index in [2.05, 4.69) is 15.0 Å². The SMILES string of the molecule is COC(=O)CC[C@@H]1Nc2c3ccccc3nc(=S)n2C1=O. The van der Waals surface area contributed by atoms with E-state index < -0.39 is 6.04 Å². The van der Waals surface area contributed by atoms with Crippen LogP contribution in [-0.4, -0.2) is 34.6 Å². The Hall–Kier alpha value is -2.28. The third-order valence-electron chi connectivity index (χ3n) is 3.48. The van der Waals surface area contributed by atoms with Gasteiger partial charge in [0.2, 0.25) is 4.77 Å². The maximum atomic E-state index is 12.4. The van der Waals surface area contributed by atoms with Crippen molar-refractivity contribution >= 4 is 40.8 Å². The predicted molar refractivity (Wildman–Crippen MR) is 79.9 cm³/mol. The number of aromatic nitrogens is 2. The number of rotatable bonds is 3. The summed E-state index contributed by atoms with van der Waals surface area (Å²) in [4.78, 5) is 27.9. The summed E-state index contributed by atoms with van der Waals surface area (Å²) in [7, 11) is 1.33. The van der Waals surface area contributed by atoms with E-state index in [0.29, 0.717) is 12.2 Å². The molecule has 0 unspecified atom stereocenters. The summed E-state index contributed by atoms with van der Waals surface area (Å²) in [6, 6.07) is 6.98. The van der Waals surface area contributed by atoms with E-state index >= 15 is 0 Å². The maximum absolute atomic E-state index is 12.4. The lowest BCUT2D eigenvalue weighted by Gasteiger charge is -2.07. The van der Waals surface area contributed by atoms with Crippen LogP contribution in [0.5, 0.6) is 0 Å². The van der Waals surface area contributed by atoms with Crippen LogP contribution in [0.3, 0.4) is 0 Å². The number of benzene rings is 1. The van der Waals surface area contributed by atoms with Crippen LogP contribution in [0.2, 0.25) is 0 Å². The monoisotopic (exact) mass is 303 g/mol. The molecule has 108 valence electrons. The number of carbonyl (C=O) groups excluding carboxylic acids is 2. The lowest BCUT2D eigenvalue weighted by Crippen LogP contribution is -2.25. The van der Waals surface area contributed by atoms with Gasteiger partial charge in [0.15, 0.2) is 0 Å². The number of carbonyl (C=O) groups is 2. The Morgan fingerprint density at radius 3 is 3.00 bits per heavy atom. The molecule has 1 aliphatic heterocycles. The lowest BCUT2D eigenvalue weighted by molar-refractivity contribution is -0.140. The molecule has 1 aromatic heterocycles. The highest BCUT2D eigenvalue weighted by Crippen LogP contribution is 2.28. The first kappa shape index (κ1) is 13.7. The van der Waals surface area contributed by atoms with E-state index in [-0.39, 0.29) is 23.1 Å². The Kier molecular flexibility index (Phi) is 3.42. The van der Waals surface area contributed by atoms with Gasteiger partial charge in [0, 0.05) is 11.8 Å². The molecule has 1 N–H and O–H groups in total. The third-order valence-corrected chi connectivity index (χ3v) is 3.76. The Morgan fingerprint density at radius 1 is 1.48 bits per heavy atom. The molecule has 2 aromatic rings. The van der Waals surface area contributed by atoms with Gasteiger partial charge in [-0.3, -0.25) is 9.59 Å². The number of hydrogen-bond donors (Lipinski definition) is 1.